The summed E-state index contributed by atoms with van der Waals surface area (Å²) in [4.78, 5) is 9.23. The number of alkyl halides is 3. The largest absolute Gasteiger partial charge is 0.417 e. The zero-order chi connectivity index (χ0) is 23.9. The van der Waals surface area contributed by atoms with Crippen LogP contribution in [0.3, 0.4) is 0 Å². The first-order chi connectivity index (χ1) is 16.3. The first-order valence-corrected chi connectivity index (χ1v) is 11.4. The molecule has 0 spiro atoms. The number of benzene rings is 2. The minimum absolute atomic E-state index is 0.0442. The van der Waals surface area contributed by atoms with E-state index in [2.05, 4.69) is 20.6 Å². The van der Waals surface area contributed by atoms with E-state index < -0.39 is 11.7 Å². The second kappa shape index (κ2) is 8.74. The summed E-state index contributed by atoms with van der Waals surface area (Å²) in [6.07, 6.45) is -0.218. The van der Waals surface area contributed by atoms with Crippen molar-refractivity contribution in [2.24, 2.45) is 0 Å². The van der Waals surface area contributed by atoms with E-state index >= 15 is 0 Å². The lowest BCUT2D eigenvalue weighted by molar-refractivity contribution is -0.137. The van der Waals surface area contributed by atoms with Crippen LogP contribution < -0.4 is 10.6 Å². The third-order valence-electron chi connectivity index (χ3n) is 6.37. The van der Waals surface area contributed by atoms with Gasteiger partial charge in [-0.15, -0.1) is 0 Å². The topological polar surface area (TPSA) is 49.8 Å². The highest BCUT2D eigenvalue weighted by molar-refractivity contribution is 5.87. The van der Waals surface area contributed by atoms with Gasteiger partial charge in [0.2, 0.25) is 0 Å². The van der Waals surface area contributed by atoms with Crippen LogP contribution in [0.1, 0.15) is 48.6 Å². The fourth-order valence-electron chi connectivity index (χ4n) is 4.64. The van der Waals surface area contributed by atoms with Gasteiger partial charge in [-0.25, -0.2) is 14.4 Å². The Bertz CT molecular complexity index is 1280. The number of fused-ring (bicyclic) bond motifs is 2. The van der Waals surface area contributed by atoms with Crippen molar-refractivity contribution in [3.8, 4) is 11.4 Å². The summed E-state index contributed by atoms with van der Waals surface area (Å²) >= 11 is 0. The minimum atomic E-state index is -4.52. The first-order valence-electron chi connectivity index (χ1n) is 11.4. The van der Waals surface area contributed by atoms with Crippen molar-refractivity contribution in [2.75, 3.05) is 17.2 Å². The van der Waals surface area contributed by atoms with E-state index in [1.807, 2.05) is 6.92 Å². The van der Waals surface area contributed by atoms with E-state index in [-0.39, 0.29) is 17.2 Å². The number of hydrogen-bond donors (Lipinski definition) is 2. The Hall–Kier alpha value is -3.42. The molecule has 4 nitrogen and oxygen atoms in total. The van der Waals surface area contributed by atoms with Crippen molar-refractivity contribution in [1.82, 2.24) is 9.97 Å². The highest BCUT2D eigenvalue weighted by Gasteiger charge is 2.34. The number of rotatable bonds is 3. The van der Waals surface area contributed by atoms with Crippen molar-refractivity contribution < 1.29 is 17.6 Å². The van der Waals surface area contributed by atoms with Gasteiger partial charge in [-0.3, -0.25) is 0 Å². The zero-order valence-corrected chi connectivity index (χ0v) is 18.7. The van der Waals surface area contributed by atoms with Gasteiger partial charge in [0.15, 0.2) is 5.82 Å². The van der Waals surface area contributed by atoms with Crippen molar-refractivity contribution in [2.45, 2.75) is 45.2 Å². The second-order valence-electron chi connectivity index (χ2n) is 8.75. The Morgan fingerprint density at radius 2 is 1.74 bits per heavy atom. The van der Waals surface area contributed by atoms with Crippen LogP contribution in [0, 0.1) is 5.82 Å². The van der Waals surface area contributed by atoms with Gasteiger partial charge in [-0.05, 0) is 62.4 Å². The van der Waals surface area contributed by atoms with Crippen molar-refractivity contribution in [3.63, 3.8) is 0 Å². The van der Waals surface area contributed by atoms with Gasteiger partial charge in [0, 0.05) is 40.3 Å². The van der Waals surface area contributed by atoms with Crippen molar-refractivity contribution in [1.29, 1.82) is 0 Å². The fourth-order valence-corrected chi connectivity index (χ4v) is 4.64. The lowest BCUT2D eigenvalue weighted by Gasteiger charge is -2.25. The second-order valence-corrected chi connectivity index (χ2v) is 8.75. The fraction of sp³-hybridized carbons (Fsp3) is 0.308. The molecule has 0 bridgehead atoms. The third-order valence-corrected chi connectivity index (χ3v) is 6.37. The predicted molar refractivity (Wildman–Crippen MR) is 125 cm³/mol. The van der Waals surface area contributed by atoms with Gasteiger partial charge in [0.05, 0.1) is 5.56 Å². The maximum absolute atomic E-state index is 14.1. The molecule has 3 aromatic rings. The molecule has 0 radical (unpaired) electrons. The Morgan fingerprint density at radius 3 is 2.56 bits per heavy atom. The van der Waals surface area contributed by atoms with Gasteiger partial charge >= 0.3 is 6.18 Å². The SMILES string of the molecule is CC1=C(Nc2nc(-c3ccccc3C(F)(F)F)nc3c2CCCCC3)c2cc(F)ccc2NC1. The molecule has 0 amide bonds. The number of nitrogens with zero attached hydrogens (tertiary/aromatic N) is 2. The van der Waals surface area contributed by atoms with Gasteiger partial charge < -0.3 is 10.6 Å². The number of nitrogens with one attached hydrogen (secondary N) is 2. The molecule has 8 heteroatoms. The van der Waals surface area contributed by atoms with Gasteiger partial charge in [-0.1, -0.05) is 24.6 Å². The first kappa shape index (κ1) is 22.4. The van der Waals surface area contributed by atoms with Gasteiger partial charge in [0.1, 0.15) is 11.6 Å². The molecule has 1 aromatic heterocycles. The molecule has 2 N–H and O–H groups in total. The summed E-state index contributed by atoms with van der Waals surface area (Å²) in [5, 5.41) is 6.65. The quantitative estimate of drug-likeness (QED) is 0.326. The molecular weight excluding hydrogens is 444 g/mol. The molecule has 2 aromatic carbocycles. The molecule has 0 unspecified atom stereocenters. The average molecular weight is 468 g/mol. The van der Waals surface area contributed by atoms with Crippen LogP contribution in [0.25, 0.3) is 17.1 Å². The Balaban J connectivity index is 1.66. The summed E-state index contributed by atoms with van der Waals surface area (Å²) in [5.41, 5.74) is 4.01. The number of aromatic nitrogens is 2. The van der Waals surface area contributed by atoms with Crippen LogP contribution in [0.5, 0.6) is 0 Å². The van der Waals surface area contributed by atoms with E-state index in [1.165, 1.54) is 24.3 Å². The van der Waals surface area contributed by atoms with E-state index in [9.17, 15) is 17.6 Å². The summed E-state index contributed by atoms with van der Waals surface area (Å²) in [5.74, 6) is 0.170. The number of anilines is 2. The van der Waals surface area contributed by atoms with Crippen LogP contribution in [0.15, 0.2) is 48.0 Å². The summed E-state index contributed by atoms with van der Waals surface area (Å²) in [6.45, 7) is 2.50. The number of aryl methyl sites for hydroxylation is 1. The summed E-state index contributed by atoms with van der Waals surface area (Å²) < 4.78 is 55.3. The predicted octanol–water partition coefficient (Wildman–Crippen LogP) is 6.84. The molecule has 5 rings (SSSR count). The maximum atomic E-state index is 14.1. The van der Waals surface area contributed by atoms with Crippen LogP contribution >= 0.6 is 0 Å². The zero-order valence-electron chi connectivity index (χ0n) is 18.7. The standard InChI is InChI=1S/C26H24F4N4/c1-15-14-31-21-12-11-16(27)13-19(21)23(15)33-25-18-8-3-2-4-10-22(18)32-24(34-25)17-7-5-6-9-20(17)26(28,29)30/h5-7,9,11-13,31H,2-4,8,10,14H2,1H3,(H,32,33,34). The molecule has 176 valence electrons. The Labute approximate surface area is 195 Å². The summed E-state index contributed by atoms with van der Waals surface area (Å²) in [6, 6.07) is 9.92. The smallest absolute Gasteiger partial charge is 0.381 e. The highest BCUT2D eigenvalue weighted by atomic mass is 19.4. The molecule has 0 saturated carbocycles. The van der Waals surface area contributed by atoms with Crippen molar-refractivity contribution in [3.05, 3.63) is 76.2 Å². The molecule has 1 aliphatic carbocycles. The highest BCUT2D eigenvalue weighted by Crippen LogP contribution is 2.38. The lowest BCUT2D eigenvalue weighted by atomic mass is 10.00. The van der Waals surface area contributed by atoms with Crippen LogP contribution in [0.4, 0.5) is 29.1 Å². The van der Waals surface area contributed by atoms with E-state index in [0.717, 1.165) is 54.3 Å². The van der Waals surface area contributed by atoms with Crippen LogP contribution in [-0.4, -0.2) is 16.5 Å². The minimum Gasteiger partial charge on any atom is -0.381 e. The Kier molecular flexibility index (Phi) is 5.75. The molecular formula is C26H24F4N4. The average Bonchev–Trinajstić information content (AvgIpc) is 3.06. The number of halogens is 4. The normalized spacial score (nSPS) is 15.8. The van der Waals surface area contributed by atoms with Gasteiger partial charge in [0.25, 0.3) is 0 Å². The van der Waals surface area contributed by atoms with Crippen molar-refractivity contribution >= 4 is 17.2 Å². The van der Waals surface area contributed by atoms with E-state index in [0.29, 0.717) is 30.0 Å². The monoisotopic (exact) mass is 468 g/mol. The molecule has 2 heterocycles. The third kappa shape index (κ3) is 4.24. The summed E-state index contributed by atoms with van der Waals surface area (Å²) in [7, 11) is 0. The lowest BCUT2D eigenvalue weighted by Crippen LogP contribution is -2.18. The maximum Gasteiger partial charge on any atom is 0.417 e. The number of hydrogen-bond acceptors (Lipinski definition) is 4. The molecule has 1 aliphatic heterocycles. The Morgan fingerprint density at radius 1 is 0.941 bits per heavy atom. The van der Waals surface area contributed by atoms with Gasteiger partial charge in [-0.2, -0.15) is 13.2 Å². The molecule has 34 heavy (non-hydrogen) atoms. The van der Waals surface area contributed by atoms with E-state index in [1.54, 1.807) is 12.1 Å². The van der Waals surface area contributed by atoms with E-state index in [4.69, 9.17) is 0 Å². The molecule has 2 aliphatic rings. The molecule has 0 saturated heterocycles. The molecule has 0 fully saturated rings. The van der Waals surface area contributed by atoms with Crippen LogP contribution in [0.2, 0.25) is 0 Å². The van der Waals surface area contributed by atoms with Crippen LogP contribution in [-0.2, 0) is 19.0 Å². The molecule has 0 atom stereocenters.